The number of methoxy groups -OCH3 is 1. The summed E-state index contributed by atoms with van der Waals surface area (Å²) in [5.74, 6) is 2.58. The van der Waals surface area contributed by atoms with Crippen LogP contribution in [0.4, 0.5) is 5.82 Å². The Balaban J connectivity index is 1.50. The molecule has 1 aromatic heterocycles. The van der Waals surface area contributed by atoms with Crippen LogP contribution in [0.5, 0.6) is 11.5 Å². The highest BCUT2D eigenvalue weighted by Crippen LogP contribution is 2.36. The predicted molar refractivity (Wildman–Crippen MR) is 143 cm³/mol. The van der Waals surface area contributed by atoms with Gasteiger partial charge in [0.25, 0.3) is 0 Å². The second-order valence-corrected chi connectivity index (χ2v) is 8.58. The maximum absolute atomic E-state index is 5.65. The molecule has 5 nitrogen and oxygen atoms in total. The molecule has 0 aliphatic carbocycles. The van der Waals surface area contributed by atoms with E-state index in [2.05, 4.69) is 60.5 Å². The number of hydrogen-bond donors (Lipinski definition) is 0. The Bertz CT molecular complexity index is 1380. The zero-order valence-corrected chi connectivity index (χ0v) is 20.3. The van der Waals surface area contributed by atoms with Crippen molar-refractivity contribution in [2.75, 3.05) is 18.7 Å². The van der Waals surface area contributed by atoms with Gasteiger partial charge in [0, 0.05) is 11.8 Å². The summed E-state index contributed by atoms with van der Waals surface area (Å²) >= 11 is 0. The van der Waals surface area contributed by atoms with Gasteiger partial charge in [0.15, 0.2) is 0 Å². The van der Waals surface area contributed by atoms with E-state index in [1.165, 1.54) is 11.1 Å². The van der Waals surface area contributed by atoms with Crippen LogP contribution in [0.3, 0.4) is 0 Å². The minimum absolute atomic E-state index is 0.0502. The van der Waals surface area contributed by atoms with E-state index >= 15 is 0 Å². The lowest BCUT2D eigenvalue weighted by molar-refractivity contribution is 0.340. The summed E-state index contributed by atoms with van der Waals surface area (Å²) in [4.78, 5) is 4.97. The van der Waals surface area contributed by atoms with E-state index in [1.54, 1.807) is 7.11 Å². The Morgan fingerprint density at radius 2 is 1.69 bits per heavy atom. The van der Waals surface area contributed by atoms with E-state index < -0.39 is 0 Å². The van der Waals surface area contributed by atoms with Crippen LogP contribution < -0.4 is 14.5 Å². The van der Waals surface area contributed by atoms with Crippen LogP contribution >= 0.6 is 0 Å². The van der Waals surface area contributed by atoms with E-state index in [9.17, 15) is 0 Å². The molecule has 4 aromatic rings. The number of ether oxygens (including phenoxy) is 2. The largest absolute Gasteiger partial charge is 0.497 e. The zero-order valence-electron chi connectivity index (χ0n) is 20.3. The minimum Gasteiger partial charge on any atom is -0.497 e. The molecule has 35 heavy (non-hydrogen) atoms. The van der Waals surface area contributed by atoms with Crippen LogP contribution in [0.2, 0.25) is 0 Å². The Kier molecular flexibility index (Phi) is 6.49. The molecule has 1 unspecified atom stereocenters. The Labute approximate surface area is 206 Å². The number of hydrogen-bond acceptors (Lipinski definition) is 5. The molecule has 5 heteroatoms. The van der Waals surface area contributed by atoms with Gasteiger partial charge in [-0.3, -0.25) is 0 Å². The average Bonchev–Trinajstić information content (AvgIpc) is 3.33. The molecular formula is C30H29N3O2. The highest BCUT2D eigenvalue weighted by Gasteiger charge is 2.29. The first-order chi connectivity index (χ1) is 17.1. The maximum atomic E-state index is 5.65. The molecule has 1 aliphatic heterocycles. The van der Waals surface area contributed by atoms with Gasteiger partial charge in [0.05, 0.1) is 31.0 Å². The fourth-order valence-corrected chi connectivity index (χ4v) is 4.41. The third-order valence-electron chi connectivity index (χ3n) is 6.24. The normalized spacial score (nSPS) is 15.6. The lowest BCUT2D eigenvalue weighted by Gasteiger charge is -2.24. The second kappa shape index (κ2) is 10.0. The number of aromatic nitrogens is 1. The van der Waals surface area contributed by atoms with Crippen molar-refractivity contribution in [1.29, 1.82) is 0 Å². The van der Waals surface area contributed by atoms with Gasteiger partial charge >= 0.3 is 0 Å². The average molecular weight is 464 g/mol. The third-order valence-corrected chi connectivity index (χ3v) is 6.24. The van der Waals surface area contributed by atoms with Crippen LogP contribution in [0, 0.1) is 6.92 Å². The number of rotatable bonds is 7. The Morgan fingerprint density at radius 3 is 2.43 bits per heavy atom. The number of anilines is 1. The number of nitrogens with zero attached hydrogens (tertiary/aromatic N) is 3. The van der Waals surface area contributed by atoms with Crippen molar-refractivity contribution in [1.82, 2.24) is 4.98 Å². The lowest BCUT2D eigenvalue weighted by Crippen LogP contribution is -2.19. The van der Waals surface area contributed by atoms with Gasteiger partial charge in [0.2, 0.25) is 0 Å². The zero-order chi connectivity index (χ0) is 24.2. The first kappa shape index (κ1) is 22.7. The summed E-state index contributed by atoms with van der Waals surface area (Å²) in [5.41, 5.74) is 5.45. The van der Waals surface area contributed by atoms with Gasteiger partial charge in [-0.05, 0) is 73.0 Å². The predicted octanol–water partition coefficient (Wildman–Crippen LogP) is 6.97. The number of pyridine rings is 1. The van der Waals surface area contributed by atoms with Crippen LogP contribution in [0.25, 0.3) is 17.0 Å². The lowest BCUT2D eigenvalue weighted by atomic mass is 10.0. The Hall–Kier alpha value is -4.12. The van der Waals surface area contributed by atoms with E-state index in [0.717, 1.165) is 45.9 Å². The summed E-state index contributed by atoms with van der Waals surface area (Å²) in [6.45, 7) is 4.78. The number of aryl methyl sites for hydroxylation is 1. The van der Waals surface area contributed by atoms with Crippen LogP contribution in [0.15, 0.2) is 90.0 Å². The van der Waals surface area contributed by atoms with Gasteiger partial charge in [-0.2, -0.15) is 5.10 Å². The van der Waals surface area contributed by atoms with Gasteiger partial charge in [-0.25, -0.2) is 9.99 Å². The van der Waals surface area contributed by atoms with Gasteiger partial charge < -0.3 is 9.47 Å². The number of hydrazone groups is 1. The highest BCUT2D eigenvalue weighted by atomic mass is 16.5. The summed E-state index contributed by atoms with van der Waals surface area (Å²) in [7, 11) is 1.68. The molecule has 0 amide bonds. The van der Waals surface area contributed by atoms with Crippen molar-refractivity contribution in [3.63, 3.8) is 0 Å². The monoisotopic (exact) mass is 463 g/mol. The van der Waals surface area contributed by atoms with Crippen molar-refractivity contribution < 1.29 is 9.47 Å². The summed E-state index contributed by atoms with van der Waals surface area (Å²) < 4.78 is 10.9. The van der Waals surface area contributed by atoms with Crippen molar-refractivity contribution >= 4 is 28.5 Å². The summed E-state index contributed by atoms with van der Waals surface area (Å²) in [5, 5.41) is 8.24. The summed E-state index contributed by atoms with van der Waals surface area (Å²) in [6, 6.07) is 26.8. The quantitative estimate of drug-likeness (QED) is 0.297. The van der Waals surface area contributed by atoms with Gasteiger partial charge in [0.1, 0.15) is 17.3 Å². The van der Waals surface area contributed by atoms with E-state index in [0.29, 0.717) is 6.61 Å². The smallest absolute Gasteiger partial charge is 0.150 e. The van der Waals surface area contributed by atoms with Crippen molar-refractivity contribution in [2.45, 2.75) is 26.3 Å². The van der Waals surface area contributed by atoms with Gasteiger partial charge in [-0.1, -0.05) is 48.5 Å². The molecule has 0 radical (unpaired) electrons. The molecule has 3 aromatic carbocycles. The van der Waals surface area contributed by atoms with E-state index in [-0.39, 0.29) is 6.04 Å². The number of para-hydroxylation sites is 1. The maximum Gasteiger partial charge on any atom is 0.150 e. The molecule has 0 saturated carbocycles. The molecule has 5 rings (SSSR count). The van der Waals surface area contributed by atoms with Crippen molar-refractivity contribution in [3.8, 4) is 11.5 Å². The van der Waals surface area contributed by atoms with Crippen LogP contribution in [-0.2, 0) is 0 Å². The van der Waals surface area contributed by atoms with E-state index in [4.69, 9.17) is 19.6 Å². The molecule has 0 N–H and O–H groups in total. The minimum atomic E-state index is 0.0502. The van der Waals surface area contributed by atoms with Crippen LogP contribution in [-0.4, -0.2) is 24.4 Å². The van der Waals surface area contributed by atoms with Crippen molar-refractivity contribution in [2.24, 2.45) is 5.10 Å². The molecule has 0 fully saturated rings. The molecule has 0 bridgehead atoms. The fourth-order valence-electron chi connectivity index (χ4n) is 4.41. The molecular weight excluding hydrogens is 434 g/mol. The number of allylic oxidation sites excluding steroid dienone is 1. The molecule has 2 heterocycles. The fraction of sp³-hybridized carbons (Fsp3) is 0.200. The van der Waals surface area contributed by atoms with Gasteiger partial charge in [-0.15, -0.1) is 0 Å². The number of benzene rings is 3. The third kappa shape index (κ3) is 4.90. The Morgan fingerprint density at radius 1 is 0.943 bits per heavy atom. The molecule has 0 saturated heterocycles. The van der Waals surface area contributed by atoms with Crippen molar-refractivity contribution in [3.05, 3.63) is 102 Å². The molecule has 0 spiro atoms. The second-order valence-electron chi connectivity index (χ2n) is 8.58. The van der Waals surface area contributed by atoms with Crippen LogP contribution in [0.1, 0.15) is 36.1 Å². The topological polar surface area (TPSA) is 47.0 Å². The highest BCUT2D eigenvalue weighted by molar-refractivity contribution is 6.01. The standard InChI is InChI=1S/C30H29N3O2/c1-4-35-26-17-12-23(13-18-26)29-20-24(14-9-22-10-15-25(34-3)16-11-22)32-33(29)30-19-21(2)27-7-5-6-8-28(27)31-30/h5-19,29H,4,20H2,1-3H3. The molecule has 1 atom stereocenters. The first-order valence-electron chi connectivity index (χ1n) is 11.9. The molecule has 176 valence electrons. The number of fused-ring (bicyclic) bond motifs is 1. The SMILES string of the molecule is CCOc1ccc(C2CC(C=Cc3ccc(OC)cc3)=NN2c2cc(C)c3ccccc3n2)cc1. The van der Waals surface area contributed by atoms with E-state index in [1.807, 2.05) is 49.4 Å². The first-order valence-corrected chi connectivity index (χ1v) is 11.9. The molecule has 1 aliphatic rings. The summed E-state index contributed by atoms with van der Waals surface area (Å²) in [6.07, 6.45) is 4.97.